The molecule has 1 aromatic heterocycles. The molecule has 1 nitrogen and oxygen atoms in total. The molecule has 2 heterocycles. The van der Waals surface area contributed by atoms with Crippen LogP contribution in [-0.2, 0) is 11.0 Å². The van der Waals surface area contributed by atoms with Crippen molar-refractivity contribution < 1.29 is 8.96 Å². The number of benzene rings is 2. The highest BCUT2D eigenvalue weighted by Crippen LogP contribution is 2.67. The van der Waals surface area contributed by atoms with Crippen molar-refractivity contribution in [2.45, 2.75) is 51.0 Å². The monoisotopic (exact) mass is 332 g/mol. The maximum atomic E-state index is 14.1. The molecule has 1 aliphatic heterocycles. The normalized spacial score (nSPS) is 26.1. The smallest absolute Gasteiger partial charge is 0.207 e. The van der Waals surface area contributed by atoms with Crippen molar-refractivity contribution in [1.29, 1.82) is 0 Å². The Labute approximate surface area is 148 Å². The zero-order valence-corrected chi connectivity index (χ0v) is 15.1. The van der Waals surface area contributed by atoms with Gasteiger partial charge in [-0.3, -0.25) is 0 Å². The van der Waals surface area contributed by atoms with Crippen LogP contribution < -0.4 is 4.57 Å². The molecule has 2 unspecified atom stereocenters. The van der Waals surface area contributed by atoms with E-state index in [9.17, 15) is 4.39 Å². The lowest BCUT2D eigenvalue weighted by atomic mass is 9.79. The summed E-state index contributed by atoms with van der Waals surface area (Å²) in [7, 11) is 0. The van der Waals surface area contributed by atoms with Gasteiger partial charge in [-0.1, -0.05) is 31.5 Å². The summed E-state index contributed by atoms with van der Waals surface area (Å²) in [4.78, 5) is 0. The molecular weight excluding hydrogens is 309 g/mol. The summed E-state index contributed by atoms with van der Waals surface area (Å²) in [5.41, 5.74) is 6.62. The van der Waals surface area contributed by atoms with E-state index in [-0.39, 0.29) is 16.8 Å². The Morgan fingerprint density at radius 2 is 1.80 bits per heavy atom. The second-order valence-corrected chi connectivity index (χ2v) is 7.80. The van der Waals surface area contributed by atoms with Gasteiger partial charge in [0.15, 0.2) is 5.54 Å². The minimum Gasteiger partial charge on any atom is -0.207 e. The Morgan fingerprint density at radius 3 is 2.56 bits per heavy atom. The van der Waals surface area contributed by atoms with Crippen LogP contribution in [0.1, 0.15) is 44.2 Å². The van der Waals surface area contributed by atoms with E-state index in [4.69, 9.17) is 0 Å². The number of fused-ring (bicyclic) bond motifs is 8. The van der Waals surface area contributed by atoms with Gasteiger partial charge in [0.25, 0.3) is 0 Å². The molecule has 3 aromatic rings. The molecule has 2 aromatic carbocycles. The lowest BCUT2D eigenvalue weighted by molar-refractivity contribution is -0.712. The number of hydrogen-bond acceptors (Lipinski definition) is 0. The maximum absolute atomic E-state index is 14.1. The van der Waals surface area contributed by atoms with Gasteiger partial charge in [-0.15, -0.1) is 0 Å². The lowest BCUT2D eigenvalue weighted by Gasteiger charge is -2.29. The molecule has 2 heteroatoms. The van der Waals surface area contributed by atoms with Crippen LogP contribution in [0, 0.1) is 12.7 Å². The number of hydrogen-bond donors (Lipinski definition) is 0. The number of pyridine rings is 1. The molecular formula is C23H23FN+. The van der Waals surface area contributed by atoms with Crippen LogP contribution in [0.3, 0.4) is 0 Å². The van der Waals surface area contributed by atoms with Gasteiger partial charge in [0, 0.05) is 30.4 Å². The van der Waals surface area contributed by atoms with E-state index < -0.39 is 0 Å². The minimum absolute atomic E-state index is 0.0760. The van der Waals surface area contributed by atoms with E-state index in [1.165, 1.54) is 22.4 Å². The third-order valence-electron chi connectivity index (χ3n) is 6.84. The summed E-state index contributed by atoms with van der Waals surface area (Å²) in [6.45, 7) is 6.74. The minimum atomic E-state index is -0.155. The molecule has 0 radical (unpaired) electrons. The first-order chi connectivity index (χ1) is 12.1. The molecule has 1 saturated carbocycles. The van der Waals surface area contributed by atoms with Gasteiger partial charge >= 0.3 is 0 Å². The number of nitrogens with zero attached hydrogens (tertiary/aromatic N) is 1. The first kappa shape index (κ1) is 15.1. The van der Waals surface area contributed by atoms with Crippen LogP contribution in [0.5, 0.6) is 0 Å². The van der Waals surface area contributed by atoms with E-state index in [0.29, 0.717) is 0 Å². The van der Waals surface area contributed by atoms with Gasteiger partial charge in [-0.2, -0.15) is 4.57 Å². The third kappa shape index (κ3) is 1.65. The Morgan fingerprint density at radius 1 is 1.00 bits per heavy atom. The van der Waals surface area contributed by atoms with Crippen LogP contribution in [0.2, 0.25) is 0 Å². The zero-order valence-electron chi connectivity index (χ0n) is 15.1. The standard InChI is InChI=1S/C23H23FN/c1-4-22-14-23(22,5-2)25-20(18-12-15(3)6-10-19(18)22)11-8-16-7-9-17(24)13-21(16)25/h6-13H,4-5,14H2,1-3H3/q+1. The van der Waals surface area contributed by atoms with Crippen LogP contribution >= 0.6 is 0 Å². The number of rotatable bonds is 2. The summed E-state index contributed by atoms with van der Waals surface area (Å²) in [6, 6.07) is 16.4. The van der Waals surface area contributed by atoms with Crippen molar-refractivity contribution >= 4 is 10.9 Å². The predicted octanol–water partition coefficient (Wildman–Crippen LogP) is 5.41. The SMILES string of the molecule is CCC12CC1(CC)[n+]1c(ccc3ccc(F)cc31)-c1cc(C)ccc12. The number of aromatic nitrogens is 1. The van der Waals surface area contributed by atoms with Gasteiger partial charge in [0.2, 0.25) is 11.2 Å². The van der Waals surface area contributed by atoms with E-state index in [1.807, 2.05) is 6.07 Å². The summed E-state index contributed by atoms with van der Waals surface area (Å²) < 4.78 is 16.6. The number of aryl methyl sites for hydroxylation is 1. The number of halogens is 1. The van der Waals surface area contributed by atoms with Crippen LogP contribution in [0.25, 0.3) is 22.2 Å². The summed E-state index contributed by atoms with van der Waals surface area (Å²) in [5, 5.41) is 1.12. The average molecular weight is 332 g/mol. The fourth-order valence-corrected chi connectivity index (χ4v) is 5.54. The van der Waals surface area contributed by atoms with Crippen molar-refractivity contribution in [3.63, 3.8) is 0 Å². The van der Waals surface area contributed by atoms with Crippen molar-refractivity contribution in [3.05, 3.63) is 65.5 Å². The first-order valence-corrected chi connectivity index (χ1v) is 9.32. The van der Waals surface area contributed by atoms with Gasteiger partial charge in [0.1, 0.15) is 5.82 Å². The molecule has 2 atom stereocenters. The lowest BCUT2D eigenvalue weighted by Crippen LogP contribution is -2.55. The van der Waals surface area contributed by atoms with Gasteiger partial charge < -0.3 is 0 Å². The highest BCUT2D eigenvalue weighted by atomic mass is 19.1. The molecule has 126 valence electrons. The maximum Gasteiger partial charge on any atom is 0.216 e. The molecule has 1 fully saturated rings. The molecule has 2 aliphatic rings. The highest BCUT2D eigenvalue weighted by molar-refractivity contribution is 5.80. The van der Waals surface area contributed by atoms with Gasteiger partial charge in [0.05, 0.1) is 11.0 Å². The molecule has 0 bridgehead atoms. The average Bonchev–Trinajstić information content (AvgIpc) is 3.32. The summed E-state index contributed by atoms with van der Waals surface area (Å²) in [6.07, 6.45) is 3.34. The predicted molar refractivity (Wildman–Crippen MR) is 99.1 cm³/mol. The van der Waals surface area contributed by atoms with Crippen LogP contribution in [0.4, 0.5) is 4.39 Å². The fraction of sp³-hybridized carbons (Fsp3) is 0.348. The summed E-state index contributed by atoms with van der Waals surface area (Å²) >= 11 is 0. The second-order valence-electron chi connectivity index (χ2n) is 7.80. The Bertz CT molecular complexity index is 1040. The molecule has 0 amide bonds. The first-order valence-electron chi connectivity index (χ1n) is 9.32. The van der Waals surface area contributed by atoms with E-state index in [2.05, 4.69) is 55.7 Å². The zero-order chi connectivity index (χ0) is 17.4. The quantitative estimate of drug-likeness (QED) is 0.552. The fourth-order valence-electron chi connectivity index (χ4n) is 5.54. The molecule has 5 rings (SSSR count). The molecule has 0 saturated heterocycles. The van der Waals surface area contributed by atoms with Crippen molar-refractivity contribution in [2.75, 3.05) is 0 Å². The van der Waals surface area contributed by atoms with E-state index in [0.717, 1.165) is 30.2 Å². The van der Waals surface area contributed by atoms with Crippen LogP contribution in [0.15, 0.2) is 48.5 Å². The van der Waals surface area contributed by atoms with Gasteiger partial charge in [-0.25, -0.2) is 4.39 Å². The highest BCUT2D eigenvalue weighted by Gasteiger charge is 2.77. The van der Waals surface area contributed by atoms with Crippen molar-refractivity contribution in [1.82, 2.24) is 0 Å². The van der Waals surface area contributed by atoms with Crippen molar-refractivity contribution in [3.8, 4) is 11.3 Å². The van der Waals surface area contributed by atoms with Crippen LogP contribution in [-0.4, -0.2) is 0 Å². The van der Waals surface area contributed by atoms with E-state index in [1.54, 1.807) is 12.1 Å². The molecule has 0 spiro atoms. The Hall–Kier alpha value is -2.22. The third-order valence-corrected chi connectivity index (χ3v) is 6.84. The van der Waals surface area contributed by atoms with Crippen molar-refractivity contribution in [2.24, 2.45) is 0 Å². The largest absolute Gasteiger partial charge is 0.216 e. The van der Waals surface area contributed by atoms with E-state index >= 15 is 0 Å². The molecule has 0 N–H and O–H groups in total. The Kier molecular flexibility index (Phi) is 2.83. The van der Waals surface area contributed by atoms with Gasteiger partial charge in [-0.05, 0) is 43.2 Å². The summed E-state index contributed by atoms with van der Waals surface area (Å²) in [5.74, 6) is -0.155. The second kappa shape index (κ2) is 4.69. The molecule has 25 heavy (non-hydrogen) atoms. The topological polar surface area (TPSA) is 3.88 Å². The Balaban J connectivity index is 1.96. The molecule has 1 aliphatic carbocycles.